The Labute approximate surface area is 94.2 Å². The van der Waals surface area contributed by atoms with E-state index < -0.39 is 5.97 Å². The molecule has 0 heterocycles. The summed E-state index contributed by atoms with van der Waals surface area (Å²) < 4.78 is 0. The summed E-state index contributed by atoms with van der Waals surface area (Å²) in [6.07, 6.45) is 1.19. The molecule has 4 nitrogen and oxygen atoms in total. The van der Waals surface area contributed by atoms with E-state index in [1.807, 2.05) is 0 Å². The van der Waals surface area contributed by atoms with Crippen molar-refractivity contribution >= 4 is 11.7 Å². The van der Waals surface area contributed by atoms with Gasteiger partial charge in [-0.15, -0.1) is 0 Å². The summed E-state index contributed by atoms with van der Waals surface area (Å²) in [7, 11) is 0. The fourth-order valence-corrected chi connectivity index (χ4v) is 1.22. The number of aliphatic carboxylic acids is 1. The van der Waals surface area contributed by atoms with Gasteiger partial charge in [-0.3, -0.25) is 0 Å². The van der Waals surface area contributed by atoms with Crippen molar-refractivity contribution in [1.29, 1.82) is 0 Å². The quantitative estimate of drug-likeness (QED) is 0.391. The van der Waals surface area contributed by atoms with Crippen LogP contribution in [0.15, 0.2) is 36.4 Å². The third-order valence-electron chi connectivity index (χ3n) is 2.15. The summed E-state index contributed by atoms with van der Waals surface area (Å²) in [5.74, 6) is -0.713. The Balaban J connectivity index is 2.23. The van der Waals surface area contributed by atoms with Crippen molar-refractivity contribution in [1.82, 2.24) is 0 Å². The van der Waals surface area contributed by atoms with Crippen molar-refractivity contribution in [3.63, 3.8) is 0 Å². The van der Waals surface area contributed by atoms with Gasteiger partial charge < -0.3 is 15.5 Å². The van der Waals surface area contributed by atoms with Crippen LogP contribution < -0.4 is 5.32 Å². The standard InChI is InChI=1S/C12H15NO3/c1-9(12(15)16)3-2-8-13-10-4-6-11(14)7-5-10/h4-7,13-14H,1-3,8H2,(H,15,16). The highest BCUT2D eigenvalue weighted by molar-refractivity contribution is 5.85. The number of rotatable bonds is 6. The molecule has 0 aliphatic heterocycles. The van der Waals surface area contributed by atoms with E-state index >= 15 is 0 Å². The lowest BCUT2D eigenvalue weighted by atomic mass is 10.1. The molecule has 0 bridgehead atoms. The van der Waals surface area contributed by atoms with Gasteiger partial charge in [0.2, 0.25) is 0 Å². The predicted molar refractivity (Wildman–Crippen MR) is 62.6 cm³/mol. The van der Waals surface area contributed by atoms with E-state index in [0.29, 0.717) is 19.4 Å². The molecule has 0 spiro atoms. The van der Waals surface area contributed by atoms with Crippen LogP contribution in [-0.4, -0.2) is 22.7 Å². The van der Waals surface area contributed by atoms with Gasteiger partial charge >= 0.3 is 5.97 Å². The average molecular weight is 221 g/mol. The van der Waals surface area contributed by atoms with E-state index in [4.69, 9.17) is 10.2 Å². The maximum atomic E-state index is 10.5. The van der Waals surface area contributed by atoms with E-state index in [2.05, 4.69) is 11.9 Å². The molecule has 1 aromatic carbocycles. The maximum Gasteiger partial charge on any atom is 0.330 e. The van der Waals surface area contributed by atoms with Crippen molar-refractivity contribution < 1.29 is 15.0 Å². The van der Waals surface area contributed by atoms with Gasteiger partial charge in [0.15, 0.2) is 0 Å². The molecule has 0 saturated carbocycles. The minimum atomic E-state index is -0.940. The topological polar surface area (TPSA) is 69.6 Å². The minimum Gasteiger partial charge on any atom is -0.508 e. The van der Waals surface area contributed by atoms with E-state index in [1.165, 1.54) is 0 Å². The molecular formula is C12H15NO3. The summed E-state index contributed by atoms with van der Waals surface area (Å²) in [4.78, 5) is 10.5. The van der Waals surface area contributed by atoms with Crippen LogP contribution in [-0.2, 0) is 4.79 Å². The number of hydrogen-bond acceptors (Lipinski definition) is 3. The number of carbonyl (C=O) groups is 1. The Morgan fingerprint density at radius 1 is 1.31 bits per heavy atom. The molecule has 0 aliphatic rings. The zero-order valence-corrected chi connectivity index (χ0v) is 8.94. The molecule has 0 aromatic heterocycles. The van der Waals surface area contributed by atoms with Gasteiger partial charge in [-0.05, 0) is 37.1 Å². The van der Waals surface area contributed by atoms with E-state index in [9.17, 15) is 4.79 Å². The predicted octanol–water partition coefficient (Wildman–Crippen LogP) is 2.23. The van der Waals surface area contributed by atoms with Gasteiger partial charge in [-0.25, -0.2) is 4.79 Å². The molecule has 16 heavy (non-hydrogen) atoms. The van der Waals surface area contributed by atoms with Crippen molar-refractivity contribution in [2.24, 2.45) is 0 Å². The largest absolute Gasteiger partial charge is 0.508 e. The lowest BCUT2D eigenvalue weighted by Gasteiger charge is -2.06. The molecule has 3 N–H and O–H groups in total. The van der Waals surface area contributed by atoms with Crippen LogP contribution in [0, 0.1) is 0 Å². The highest BCUT2D eigenvalue weighted by Gasteiger charge is 2.02. The van der Waals surface area contributed by atoms with Crippen molar-refractivity contribution in [3.8, 4) is 5.75 Å². The molecule has 0 fully saturated rings. The third-order valence-corrected chi connectivity index (χ3v) is 2.15. The van der Waals surface area contributed by atoms with Crippen molar-refractivity contribution in [2.45, 2.75) is 12.8 Å². The molecule has 0 aliphatic carbocycles. The SMILES string of the molecule is C=C(CCCNc1ccc(O)cc1)C(=O)O. The second kappa shape index (κ2) is 5.80. The molecule has 0 atom stereocenters. The lowest BCUT2D eigenvalue weighted by Crippen LogP contribution is -2.04. The number of carboxylic acid groups (broad SMARTS) is 1. The second-order valence-corrected chi connectivity index (χ2v) is 3.49. The van der Waals surface area contributed by atoms with Crippen molar-refractivity contribution in [3.05, 3.63) is 36.4 Å². The minimum absolute atomic E-state index is 0.227. The van der Waals surface area contributed by atoms with Gasteiger partial charge in [0.1, 0.15) is 5.75 Å². The lowest BCUT2D eigenvalue weighted by molar-refractivity contribution is -0.132. The molecule has 0 saturated heterocycles. The number of carboxylic acids is 1. The number of benzene rings is 1. The molecule has 1 rings (SSSR count). The van der Waals surface area contributed by atoms with Crippen LogP contribution in [0.4, 0.5) is 5.69 Å². The monoisotopic (exact) mass is 221 g/mol. The number of hydrogen-bond donors (Lipinski definition) is 3. The van der Waals surface area contributed by atoms with Crippen LogP contribution in [0.25, 0.3) is 0 Å². The Kier molecular flexibility index (Phi) is 4.39. The highest BCUT2D eigenvalue weighted by atomic mass is 16.4. The summed E-state index contributed by atoms with van der Waals surface area (Å²) in [5, 5.41) is 20.8. The van der Waals surface area contributed by atoms with E-state index in [0.717, 1.165) is 5.69 Å². The van der Waals surface area contributed by atoms with Crippen LogP contribution in [0.2, 0.25) is 0 Å². The first-order valence-electron chi connectivity index (χ1n) is 5.03. The van der Waals surface area contributed by atoms with Gasteiger partial charge in [0.25, 0.3) is 0 Å². The molecule has 0 unspecified atom stereocenters. The zero-order valence-electron chi connectivity index (χ0n) is 8.94. The van der Waals surface area contributed by atoms with Crippen molar-refractivity contribution in [2.75, 3.05) is 11.9 Å². The fraction of sp³-hybridized carbons (Fsp3) is 0.250. The molecular weight excluding hydrogens is 206 g/mol. The summed E-state index contributed by atoms with van der Waals surface area (Å²) in [6, 6.07) is 6.72. The third kappa shape index (κ3) is 4.04. The van der Waals surface area contributed by atoms with Crippen LogP contribution in [0.5, 0.6) is 5.75 Å². The Hall–Kier alpha value is -1.97. The molecule has 0 amide bonds. The van der Waals surface area contributed by atoms with E-state index in [1.54, 1.807) is 24.3 Å². The molecule has 0 radical (unpaired) electrons. The fourth-order valence-electron chi connectivity index (χ4n) is 1.22. The van der Waals surface area contributed by atoms with Gasteiger partial charge in [-0.2, -0.15) is 0 Å². The summed E-state index contributed by atoms with van der Waals surface area (Å²) >= 11 is 0. The average Bonchev–Trinajstić information content (AvgIpc) is 2.26. The number of anilines is 1. The first-order chi connectivity index (χ1) is 7.59. The summed E-state index contributed by atoms with van der Waals surface area (Å²) in [6.45, 7) is 4.13. The number of phenols is 1. The normalized spacial score (nSPS) is 9.75. The Bertz CT molecular complexity index is 370. The highest BCUT2D eigenvalue weighted by Crippen LogP contribution is 2.13. The number of nitrogens with one attached hydrogen (secondary N) is 1. The van der Waals surface area contributed by atoms with Crippen LogP contribution in [0.3, 0.4) is 0 Å². The Morgan fingerprint density at radius 2 is 1.94 bits per heavy atom. The van der Waals surface area contributed by atoms with Gasteiger partial charge in [0, 0.05) is 17.8 Å². The smallest absolute Gasteiger partial charge is 0.330 e. The summed E-state index contributed by atoms with van der Waals surface area (Å²) in [5.41, 5.74) is 1.13. The second-order valence-electron chi connectivity index (χ2n) is 3.49. The maximum absolute atomic E-state index is 10.5. The molecule has 4 heteroatoms. The molecule has 1 aromatic rings. The zero-order chi connectivity index (χ0) is 12.0. The van der Waals surface area contributed by atoms with E-state index in [-0.39, 0.29) is 11.3 Å². The first-order valence-corrected chi connectivity index (χ1v) is 5.03. The van der Waals surface area contributed by atoms with Crippen LogP contribution in [0.1, 0.15) is 12.8 Å². The number of phenolic OH excluding ortho intramolecular Hbond substituents is 1. The van der Waals surface area contributed by atoms with Crippen LogP contribution >= 0.6 is 0 Å². The number of aromatic hydroxyl groups is 1. The Morgan fingerprint density at radius 3 is 2.50 bits per heavy atom. The first kappa shape index (κ1) is 12.1. The van der Waals surface area contributed by atoms with Gasteiger partial charge in [-0.1, -0.05) is 6.58 Å². The van der Waals surface area contributed by atoms with Gasteiger partial charge in [0.05, 0.1) is 0 Å². The molecule has 86 valence electrons.